The van der Waals surface area contributed by atoms with Crippen LogP contribution in [0.3, 0.4) is 0 Å². The average Bonchev–Trinajstić information content (AvgIpc) is 3.28. The van der Waals surface area contributed by atoms with Gasteiger partial charge in [-0.1, -0.05) is 30.3 Å². The third-order valence-corrected chi connectivity index (χ3v) is 5.48. The van der Waals surface area contributed by atoms with Gasteiger partial charge in [0.25, 0.3) is 11.8 Å². The predicted molar refractivity (Wildman–Crippen MR) is 112 cm³/mol. The van der Waals surface area contributed by atoms with Crippen molar-refractivity contribution in [1.29, 1.82) is 0 Å². The lowest BCUT2D eigenvalue weighted by Crippen LogP contribution is -2.44. The summed E-state index contributed by atoms with van der Waals surface area (Å²) in [6, 6.07) is 14.9. The number of hydrogen-bond donors (Lipinski definition) is 3. The largest absolute Gasteiger partial charge is 0.364 e. The molecule has 0 saturated carbocycles. The van der Waals surface area contributed by atoms with Gasteiger partial charge in [0.2, 0.25) is 5.91 Å². The molecule has 1 aromatic heterocycles. The zero-order chi connectivity index (χ0) is 21.1. The molecule has 1 fully saturated rings. The number of nitrogens with two attached hydrogens (primary N) is 1. The van der Waals surface area contributed by atoms with E-state index in [0.717, 1.165) is 29.3 Å². The second-order valence-corrected chi connectivity index (χ2v) is 7.50. The maximum absolute atomic E-state index is 12.6. The number of fused-ring (bicyclic) bond motifs is 1. The Morgan fingerprint density at radius 1 is 1.13 bits per heavy atom. The molecule has 154 valence electrons. The maximum Gasteiger partial charge on any atom is 0.269 e. The minimum atomic E-state index is -0.586. The first-order chi connectivity index (χ1) is 14.5. The number of benzene rings is 2. The van der Waals surface area contributed by atoms with Crippen LogP contribution in [0.1, 0.15) is 45.3 Å². The number of carbonyl (C=O) groups excluding carboxylic acids is 3. The second kappa shape index (κ2) is 8.36. The van der Waals surface area contributed by atoms with Gasteiger partial charge in [-0.05, 0) is 41.8 Å². The molecule has 4 N–H and O–H groups in total. The molecule has 0 spiro atoms. The van der Waals surface area contributed by atoms with Crippen molar-refractivity contribution in [3.8, 4) is 0 Å². The molecule has 30 heavy (non-hydrogen) atoms. The van der Waals surface area contributed by atoms with Crippen LogP contribution in [-0.2, 0) is 4.79 Å². The third kappa shape index (κ3) is 4.17. The minimum absolute atomic E-state index is 0.0551. The van der Waals surface area contributed by atoms with Crippen molar-refractivity contribution < 1.29 is 14.4 Å². The van der Waals surface area contributed by atoms with E-state index in [0.29, 0.717) is 18.7 Å². The summed E-state index contributed by atoms with van der Waals surface area (Å²) in [6.07, 6.45) is 1.72. The Kier molecular flexibility index (Phi) is 5.47. The molecule has 2 heterocycles. The number of rotatable bonds is 5. The lowest BCUT2D eigenvalue weighted by molar-refractivity contribution is -0.131. The number of amides is 3. The monoisotopic (exact) mass is 405 g/mol. The van der Waals surface area contributed by atoms with Crippen molar-refractivity contribution in [3.05, 3.63) is 65.5 Å². The summed E-state index contributed by atoms with van der Waals surface area (Å²) in [5, 5.41) is 11.5. The summed E-state index contributed by atoms with van der Waals surface area (Å²) in [5.74, 6) is -0.942. The van der Waals surface area contributed by atoms with Crippen LogP contribution in [0.25, 0.3) is 10.8 Å². The number of aromatic amines is 1. The van der Waals surface area contributed by atoms with Crippen molar-refractivity contribution in [3.63, 3.8) is 0 Å². The van der Waals surface area contributed by atoms with Gasteiger partial charge in [-0.2, -0.15) is 5.10 Å². The number of nitrogens with zero attached hydrogens (tertiary/aromatic N) is 2. The molecule has 3 amide bonds. The Hall–Kier alpha value is -3.68. The first kappa shape index (κ1) is 19.6. The molecule has 3 aromatic rings. The molecule has 1 aliphatic heterocycles. The second-order valence-electron chi connectivity index (χ2n) is 7.50. The van der Waals surface area contributed by atoms with Gasteiger partial charge in [-0.25, -0.2) is 0 Å². The summed E-state index contributed by atoms with van der Waals surface area (Å²) in [7, 11) is 0. The molecule has 1 saturated heterocycles. The number of carbonyl (C=O) groups is 3. The summed E-state index contributed by atoms with van der Waals surface area (Å²) >= 11 is 0. The predicted octanol–water partition coefficient (Wildman–Crippen LogP) is 1.80. The highest BCUT2D eigenvalue weighted by atomic mass is 16.2. The van der Waals surface area contributed by atoms with Gasteiger partial charge < -0.3 is 16.0 Å². The Bertz CT molecular complexity index is 1110. The lowest BCUT2D eigenvalue weighted by Gasteiger charge is -2.32. The molecule has 0 radical (unpaired) electrons. The molecule has 8 nitrogen and oxygen atoms in total. The normalized spacial score (nSPS) is 16.4. The molecule has 1 aliphatic rings. The van der Waals surface area contributed by atoms with E-state index in [1.807, 2.05) is 36.4 Å². The SMILES string of the molecule is NC(=O)c1cc([C@H]2CCCN(C(=O)CNC(=O)c3ccc4ccccc4c3)C2)[nH]n1. The smallest absolute Gasteiger partial charge is 0.269 e. The number of aromatic nitrogens is 2. The quantitative estimate of drug-likeness (QED) is 0.599. The van der Waals surface area contributed by atoms with Crippen molar-refractivity contribution in [1.82, 2.24) is 20.4 Å². The van der Waals surface area contributed by atoms with Crippen LogP contribution in [0.2, 0.25) is 0 Å². The van der Waals surface area contributed by atoms with Crippen molar-refractivity contribution in [2.24, 2.45) is 5.73 Å². The van der Waals surface area contributed by atoms with E-state index >= 15 is 0 Å². The molecular formula is C22H23N5O3. The van der Waals surface area contributed by atoms with E-state index in [9.17, 15) is 14.4 Å². The van der Waals surface area contributed by atoms with Crippen LogP contribution < -0.4 is 11.1 Å². The Balaban J connectivity index is 1.35. The highest BCUT2D eigenvalue weighted by Gasteiger charge is 2.26. The fourth-order valence-corrected chi connectivity index (χ4v) is 3.83. The van der Waals surface area contributed by atoms with Gasteiger partial charge in [0.15, 0.2) is 0 Å². The van der Waals surface area contributed by atoms with E-state index in [1.54, 1.807) is 17.0 Å². The van der Waals surface area contributed by atoms with E-state index in [2.05, 4.69) is 15.5 Å². The summed E-state index contributed by atoms with van der Waals surface area (Å²) in [6.45, 7) is 1.08. The molecule has 0 unspecified atom stereocenters. The van der Waals surface area contributed by atoms with Crippen LogP contribution in [0, 0.1) is 0 Å². The topological polar surface area (TPSA) is 121 Å². The number of H-pyrrole nitrogens is 1. The van der Waals surface area contributed by atoms with E-state index in [4.69, 9.17) is 5.73 Å². The Labute approximate surface area is 173 Å². The number of hydrogen-bond acceptors (Lipinski definition) is 4. The van der Waals surface area contributed by atoms with E-state index in [1.165, 1.54) is 0 Å². The van der Waals surface area contributed by atoms with Gasteiger partial charge in [0.1, 0.15) is 5.69 Å². The van der Waals surface area contributed by atoms with Crippen LogP contribution in [-0.4, -0.2) is 52.5 Å². The summed E-state index contributed by atoms with van der Waals surface area (Å²) < 4.78 is 0. The summed E-state index contributed by atoms with van der Waals surface area (Å²) in [4.78, 5) is 38.1. The molecule has 1 atom stereocenters. The number of primary amides is 1. The fourth-order valence-electron chi connectivity index (χ4n) is 3.83. The Morgan fingerprint density at radius 3 is 2.70 bits per heavy atom. The lowest BCUT2D eigenvalue weighted by atomic mass is 9.94. The molecule has 8 heteroatoms. The first-order valence-electron chi connectivity index (χ1n) is 9.91. The van der Waals surface area contributed by atoms with Gasteiger partial charge in [-0.3, -0.25) is 19.5 Å². The van der Waals surface area contributed by atoms with Gasteiger partial charge in [0, 0.05) is 30.3 Å². The molecule has 4 rings (SSSR count). The number of nitrogens with one attached hydrogen (secondary N) is 2. The van der Waals surface area contributed by atoms with Crippen molar-refractivity contribution in [2.75, 3.05) is 19.6 Å². The van der Waals surface area contributed by atoms with E-state index < -0.39 is 5.91 Å². The zero-order valence-corrected chi connectivity index (χ0v) is 16.4. The molecule has 2 aromatic carbocycles. The highest BCUT2D eigenvalue weighted by molar-refractivity contribution is 6.00. The van der Waals surface area contributed by atoms with Crippen LogP contribution >= 0.6 is 0 Å². The van der Waals surface area contributed by atoms with E-state index in [-0.39, 0.29) is 30.0 Å². The van der Waals surface area contributed by atoms with Crippen LogP contribution in [0.15, 0.2) is 48.5 Å². The maximum atomic E-state index is 12.6. The van der Waals surface area contributed by atoms with Crippen LogP contribution in [0.4, 0.5) is 0 Å². The Morgan fingerprint density at radius 2 is 1.93 bits per heavy atom. The van der Waals surface area contributed by atoms with Crippen molar-refractivity contribution in [2.45, 2.75) is 18.8 Å². The standard InChI is InChI=1S/C22H23N5O3/c23-21(29)19-11-18(25-26-19)17-6-3-9-27(13-17)20(28)12-24-22(30)16-8-7-14-4-1-2-5-15(14)10-16/h1-2,4-5,7-8,10-11,17H,3,6,9,12-13H2,(H2,23,29)(H,24,30)(H,25,26)/t17-/m0/s1. The highest BCUT2D eigenvalue weighted by Crippen LogP contribution is 2.26. The average molecular weight is 405 g/mol. The van der Waals surface area contributed by atoms with Gasteiger partial charge >= 0.3 is 0 Å². The molecule has 0 bridgehead atoms. The molecular weight excluding hydrogens is 382 g/mol. The fraction of sp³-hybridized carbons (Fsp3) is 0.273. The van der Waals surface area contributed by atoms with Gasteiger partial charge in [-0.15, -0.1) is 0 Å². The summed E-state index contributed by atoms with van der Waals surface area (Å²) in [5.41, 5.74) is 6.76. The van der Waals surface area contributed by atoms with Crippen molar-refractivity contribution >= 4 is 28.5 Å². The number of piperidine rings is 1. The van der Waals surface area contributed by atoms with Crippen LogP contribution in [0.5, 0.6) is 0 Å². The number of likely N-dealkylation sites (tertiary alicyclic amines) is 1. The third-order valence-electron chi connectivity index (χ3n) is 5.48. The first-order valence-corrected chi connectivity index (χ1v) is 9.91. The molecule has 0 aliphatic carbocycles. The zero-order valence-electron chi connectivity index (χ0n) is 16.4. The van der Waals surface area contributed by atoms with Gasteiger partial charge in [0.05, 0.1) is 6.54 Å². The minimum Gasteiger partial charge on any atom is -0.364 e.